The lowest BCUT2D eigenvalue weighted by Crippen LogP contribution is -2.04. The highest BCUT2D eigenvalue weighted by Crippen LogP contribution is 2.30. The Balaban J connectivity index is 2.39. The number of nitrogens with one attached hydrogen (secondary N) is 1. The van der Waals surface area contributed by atoms with Crippen LogP contribution in [-0.4, -0.2) is 21.8 Å². The standard InChI is InChI=1S/C15H16N2O3S/c1-8(2)10-6-4-5-7-11(10)16-15-17-12(14(19)20)13(21-15)9(3)18/h4-8H,1-3H3,(H,16,17)(H,19,20). The first kappa shape index (κ1) is 15.2. The molecule has 5 nitrogen and oxygen atoms in total. The highest BCUT2D eigenvalue weighted by Gasteiger charge is 2.21. The average Bonchev–Trinajstić information content (AvgIpc) is 2.83. The molecule has 1 heterocycles. The highest BCUT2D eigenvalue weighted by molar-refractivity contribution is 7.17. The summed E-state index contributed by atoms with van der Waals surface area (Å²) in [6, 6.07) is 7.76. The molecule has 2 N–H and O–H groups in total. The van der Waals surface area contributed by atoms with Crippen molar-refractivity contribution in [3.05, 3.63) is 40.4 Å². The molecule has 1 aromatic heterocycles. The molecule has 6 heteroatoms. The van der Waals surface area contributed by atoms with Gasteiger partial charge < -0.3 is 10.4 Å². The van der Waals surface area contributed by atoms with Gasteiger partial charge in [-0.15, -0.1) is 0 Å². The second-order valence-electron chi connectivity index (χ2n) is 4.93. The van der Waals surface area contributed by atoms with Crippen LogP contribution in [0, 0.1) is 0 Å². The van der Waals surface area contributed by atoms with E-state index in [0.717, 1.165) is 22.6 Å². The van der Waals surface area contributed by atoms with Crippen molar-refractivity contribution in [2.24, 2.45) is 0 Å². The average molecular weight is 304 g/mol. The van der Waals surface area contributed by atoms with Gasteiger partial charge in [0.1, 0.15) is 4.88 Å². The molecular weight excluding hydrogens is 288 g/mol. The molecule has 0 aliphatic carbocycles. The molecule has 2 rings (SSSR count). The van der Waals surface area contributed by atoms with Gasteiger partial charge in [0.2, 0.25) is 0 Å². The molecule has 1 aromatic carbocycles. The van der Waals surface area contributed by atoms with Crippen LogP contribution in [0.25, 0.3) is 0 Å². The van der Waals surface area contributed by atoms with E-state index in [4.69, 9.17) is 5.11 Å². The number of benzene rings is 1. The predicted molar refractivity (Wildman–Crippen MR) is 82.9 cm³/mol. The number of hydrogen-bond acceptors (Lipinski definition) is 5. The van der Waals surface area contributed by atoms with Crippen LogP contribution in [0.15, 0.2) is 24.3 Å². The number of aromatic carboxylic acids is 1. The number of hydrogen-bond donors (Lipinski definition) is 2. The minimum atomic E-state index is -1.19. The normalized spacial score (nSPS) is 10.7. The second-order valence-corrected chi connectivity index (χ2v) is 5.92. The van der Waals surface area contributed by atoms with E-state index in [-0.39, 0.29) is 16.4 Å². The topological polar surface area (TPSA) is 79.3 Å². The summed E-state index contributed by atoms with van der Waals surface area (Å²) < 4.78 is 0. The van der Waals surface area contributed by atoms with Crippen molar-refractivity contribution < 1.29 is 14.7 Å². The van der Waals surface area contributed by atoms with E-state index in [9.17, 15) is 9.59 Å². The number of carbonyl (C=O) groups is 2. The number of anilines is 2. The van der Waals surface area contributed by atoms with Gasteiger partial charge in [-0.05, 0) is 17.5 Å². The fourth-order valence-electron chi connectivity index (χ4n) is 1.99. The number of aromatic nitrogens is 1. The largest absolute Gasteiger partial charge is 0.476 e. The molecule has 0 bridgehead atoms. The van der Waals surface area contributed by atoms with Crippen molar-refractivity contribution in [2.75, 3.05) is 5.32 Å². The number of para-hydroxylation sites is 1. The minimum Gasteiger partial charge on any atom is -0.476 e. The lowest BCUT2D eigenvalue weighted by atomic mass is 10.0. The van der Waals surface area contributed by atoms with Crippen LogP contribution < -0.4 is 5.32 Å². The first-order valence-corrected chi connectivity index (χ1v) is 7.32. The van der Waals surface area contributed by atoms with Gasteiger partial charge in [-0.2, -0.15) is 0 Å². The van der Waals surface area contributed by atoms with Crippen LogP contribution in [0.4, 0.5) is 10.8 Å². The minimum absolute atomic E-state index is 0.159. The van der Waals surface area contributed by atoms with Crippen LogP contribution in [0.3, 0.4) is 0 Å². The molecule has 21 heavy (non-hydrogen) atoms. The number of Topliss-reactive ketones (excluding diaryl/α,β-unsaturated/α-hetero) is 1. The number of rotatable bonds is 5. The third-order valence-corrected chi connectivity index (χ3v) is 4.05. The zero-order chi connectivity index (χ0) is 15.6. The molecule has 0 radical (unpaired) electrons. The Labute approximate surface area is 126 Å². The van der Waals surface area contributed by atoms with E-state index in [1.165, 1.54) is 6.92 Å². The molecular formula is C15H16N2O3S. The van der Waals surface area contributed by atoms with Crippen LogP contribution in [0.2, 0.25) is 0 Å². The van der Waals surface area contributed by atoms with E-state index < -0.39 is 5.97 Å². The summed E-state index contributed by atoms with van der Waals surface area (Å²) in [5.74, 6) is -1.17. The van der Waals surface area contributed by atoms with Gasteiger partial charge >= 0.3 is 5.97 Å². The van der Waals surface area contributed by atoms with Gasteiger partial charge in [0.25, 0.3) is 0 Å². The van der Waals surface area contributed by atoms with E-state index in [2.05, 4.69) is 24.1 Å². The summed E-state index contributed by atoms with van der Waals surface area (Å²) in [6.45, 7) is 5.49. The quantitative estimate of drug-likeness (QED) is 0.819. The van der Waals surface area contributed by atoms with Crippen molar-refractivity contribution in [2.45, 2.75) is 26.7 Å². The van der Waals surface area contributed by atoms with Crippen molar-refractivity contribution in [1.29, 1.82) is 0 Å². The fraction of sp³-hybridized carbons (Fsp3) is 0.267. The summed E-state index contributed by atoms with van der Waals surface area (Å²) in [5, 5.41) is 12.6. The van der Waals surface area contributed by atoms with Gasteiger partial charge in [-0.25, -0.2) is 9.78 Å². The third-order valence-electron chi connectivity index (χ3n) is 2.97. The summed E-state index contributed by atoms with van der Waals surface area (Å²) in [6.07, 6.45) is 0. The van der Waals surface area contributed by atoms with Gasteiger partial charge in [0.15, 0.2) is 16.6 Å². The maximum atomic E-state index is 11.5. The molecule has 0 saturated heterocycles. The third kappa shape index (κ3) is 3.28. The fourth-order valence-corrected chi connectivity index (χ4v) is 2.85. The van der Waals surface area contributed by atoms with Crippen LogP contribution >= 0.6 is 11.3 Å². The summed E-state index contributed by atoms with van der Waals surface area (Å²) >= 11 is 1.06. The molecule has 0 unspecified atom stereocenters. The van der Waals surface area contributed by atoms with Gasteiger partial charge in [0.05, 0.1) is 0 Å². The Hall–Kier alpha value is -2.21. The van der Waals surface area contributed by atoms with Gasteiger partial charge in [-0.3, -0.25) is 4.79 Å². The maximum absolute atomic E-state index is 11.5. The monoisotopic (exact) mass is 304 g/mol. The number of carboxylic acids is 1. The Morgan fingerprint density at radius 2 is 1.95 bits per heavy atom. The van der Waals surface area contributed by atoms with Gasteiger partial charge in [-0.1, -0.05) is 43.4 Å². The molecule has 110 valence electrons. The van der Waals surface area contributed by atoms with Crippen LogP contribution in [0.1, 0.15) is 52.4 Å². The Morgan fingerprint density at radius 1 is 1.29 bits per heavy atom. The van der Waals surface area contributed by atoms with E-state index in [0.29, 0.717) is 11.0 Å². The Kier molecular flexibility index (Phi) is 4.37. The zero-order valence-electron chi connectivity index (χ0n) is 12.0. The van der Waals surface area contributed by atoms with Crippen LogP contribution in [0.5, 0.6) is 0 Å². The Bertz CT molecular complexity index is 660. The predicted octanol–water partition coefficient (Wildman–Crippen LogP) is 3.91. The Morgan fingerprint density at radius 3 is 2.48 bits per heavy atom. The summed E-state index contributed by atoms with van der Waals surface area (Å²) in [7, 11) is 0. The second kappa shape index (κ2) is 6.05. The number of thiazole rings is 1. The summed E-state index contributed by atoms with van der Waals surface area (Å²) in [4.78, 5) is 26.8. The van der Waals surface area contributed by atoms with Gasteiger partial charge in [0, 0.05) is 12.6 Å². The first-order valence-electron chi connectivity index (χ1n) is 6.51. The molecule has 0 saturated carbocycles. The van der Waals surface area contributed by atoms with Crippen molar-refractivity contribution in [3.8, 4) is 0 Å². The van der Waals surface area contributed by atoms with Crippen molar-refractivity contribution >= 4 is 33.9 Å². The highest BCUT2D eigenvalue weighted by atomic mass is 32.1. The SMILES string of the molecule is CC(=O)c1sc(Nc2ccccc2C(C)C)nc1C(=O)O. The molecule has 0 atom stereocenters. The number of nitrogens with zero attached hydrogens (tertiary/aromatic N) is 1. The molecule has 0 amide bonds. The lowest BCUT2D eigenvalue weighted by molar-refractivity contribution is 0.0687. The zero-order valence-corrected chi connectivity index (χ0v) is 12.8. The smallest absolute Gasteiger partial charge is 0.356 e. The first-order chi connectivity index (χ1) is 9.90. The number of carbonyl (C=O) groups excluding carboxylic acids is 1. The molecule has 2 aromatic rings. The molecule has 0 aliphatic rings. The van der Waals surface area contributed by atoms with E-state index >= 15 is 0 Å². The number of carboxylic acid groups (broad SMARTS) is 1. The van der Waals surface area contributed by atoms with Crippen molar-refractivity contribution in [1.82, 2.24) is 4.98 Å². The maximum Gasteiger partial charge on any atom is 0.356 e. The lowest BCUT2D eigenvalue weighted by Gasteiger charge is -2.12. The molecule has 0 spiro atoms. The van der Waals surface area contributed by atoms with Crippen LogP contribution in [-0.2, 0) is 0 Å². The molecule has 0 aliphatic heterocycles. The number of ketones is 1. The van der Waals surface area contributed by atoms with E-state index in [1.54, 1.807) is 0 Å². The summed E-state index contributed by atoms with van der Waals surface area (Å²) in [5.41, 5.74) is 1.78. The molecule has 0 fully saturated rings. The van der Waals surface area contributed by atoms with E-state index in [1.807, 2.05) is 24.3 Å². The van der Waals surface area contributed by atoms with Crippen molar-refractivity contribution in [3.63, 3.8) is 0 Å².